The van der Waals surface area contributed by atoms with E-state index in [-0.39, 0.29) is 5.56 Å². The average Bonchev–Trinajstić information content (AvgIpc) is 3.17. The van der Waals surface area contributed by atoms with Crippen molar-refractivity contribution in [2.75, 3.05) is 7.11 Å². The number of nitrogens with zero attached hydrogens (tertiary/aromatic N) is 3. The van der Waals surface area contributed by atoms with Crippen molar-refractivity contribution < 1.29 is 4.74 Å². The number of methoxy groups -OCH3 is 1. The third-order valence-electron chi connectivity index (χ3n) is 3.78. The minimum atomic E-state index is -0.131. The lowest BCUT2D eigenvalue weighted by Crippen LogP contribution is -2.23. The van der Waals surface area contributed by atoms with E-state index < -0.39 is 0 Å². The van der Waals surface area contributed by atoms with Gasteiger partial charge in [0.2, 0.25) is 4.96 Å². The first-order valence-corrected chi connectivity index (χ1v) is 9.07. The second-order valence-electron chi connectivity index (χ2n) is 5.31. The third-order valence-corrected chi connectivity index (χ3v) is 5.26. The molecule has 0 aliphatic carbocycles. The number of benzene rings is 2. The average molecular weight is 414 g/mol. The van der Waals surface area contributed by atoms with Crippen molar-refractivity contribution >= 4 is 38.3 Å². The summed E-state index contributed by atoms with van der Waals surface area (Å²) in [6, 6.07) is 15.2. The van der Waals surface area contributed by atoms with E-state index in [1.807, 2.05) is 54.6 Å². The zero-order chi connectivity index (χ0) is 17.4. The molecule has 25 heavy (non-hydrogen) atoms. The van der Waals surface area contributed by atoms with E-state index in [1.54, 1.807) is 11.5 Å². The molecule has 2 aromatic carbocycles. The van der Waals surface area contributed by atoms with Gasteiger partial charge in [-0.3, -0.25) is 4.79 Å². The molecule has 0 saturated carbocycles. The van der Waals surface area contributed by atoms with E-state index in [4.69, 9.17) is 4.74 Å². The van der Waals surface area contributed by atoms with Crippen LogP contribution >= 0.6 is 27.3 Å². The van der Waals surface area contributed by atoms with Gasteiger partial charge in [0.1, 0.15) is 5.75 Å². The Hall–Kier alpha value is -2.51. The highest BCUT2D eigenvalue weighted by Crippen LogP contribution is 2.21. The van der Waals surface area contributed by atoms with Gasteiger partial charge in [0.05, 0.1) is 11.6 Å². The molecule has 4 aromatic rings. The van der Waals surface area contributed by atoms with Gasteiger partial charge < -0.3 is 4.74 Å². The van der Waals surface area contributed by atoms with Gasteiger partial charge in [-0.15, -0.1) is 10.2 Å². The van der Waals surface area contributed by atoms with Gasteiger partial charge in [0.15, 0.2) is 5.82 Å². The summed E-state index contributed by atoms with van der Waals surface area (Å²) < 4.78 is 8.46. The number of aromatic nitrogens is 3. The molecule has 0 amide bonds. The van der Waals surface area contributed by atoms with Crippen molar-refractivity contribution in [3.05, 3.63) is 73.5 Å². The molecular formula is C18H12BrN3O2S. The predicted molar refractivity (Wildman–Crippen MR) is 102 cm³/mol. The number of ether oxygens (including phenoxy) is 1. The molecule has 0 radical (unpaired) electrons. The van der Waals surface area contributed by atoms with Crippen molar-refractivity contribution in [2.45, 2.75) is 0 Å². The third kappa shape index (κ3) is 2.85. The van der Waals surface area contributed by atoms with Crippen LogP contribution in [-0.4, -0.2) is 21.7 Å². The number of fused-ring (bicyclic) bond motifs is 1. The Bertz CT molecular complexity index is 1170. The van der Waals surface area contributed by atoms with Crippen LogP contribution in [0.4, 0.5) is 0 Å². The summed E-state index contributed by atoms with van der Waals surface area (Å²) in [5.74, 6) is 1.27. The van der Waals surface area contributed by atoms with Crippen LogP contribution in [0.1, 0.15) is 5.56 Å². The lowest BCUT2D eigenvalue weighted by atomic mass is 10.2. The first kappa shape index (κ1) is 16.0. The molecule has 0 unspecified atom stereocenters. The smallest absolute Gasteiger partial charge is 0.276 e. The molecule has 0 fully saturated rings. The van der Waals surface area contributed by atoms with Crippen LogP contribution < -0.4 is 14.8 Å². The molecule has 2 heterocycles. The molecule has 0 atom stereocenters. The zero-order valence-corrected chi connectivity index (χ0v) is 15.5. The van der Waals surface area contributed by atoms with Crippen molar-refractivity contribution in [1.29, 1.82) is 0 Å². The largest absolute Gasteiger partial charge is 0.496 e. The topological polar surface area (TPSA) is 56.5 Å². The minimum Gasteiger partial charge on any atom is -0.496 e. The van der Waals surface area contributed by atoms with Crippen molar-refractivity contribution in [3.8, 4) is 17.1 Å². The summed E-state index contributed by atoms with van der Waals surface area (Å²) in [5.41, 5.74) is 1.56. The first-order valence-electron chi connectivity index (χ1n) is 7.46. The van der Waals surface area contributed by atoms with Gasteiger partial charge in [-0.2, -0.15) is 0 Å². The maximum Gasteiger partial charge on any atom is 0.276 e. The van der Waals surface area contributed by atoms with Crippen LogP contribution in [0.3, 0.4) is 0 Å². The quantitative estimate of drug-likeness (QED) is 0.517. The summed E-state index contributed by atoms with van der Waals surface area (Å²) in [5, 5.41) is 8.32. The number of hydrogen-bond donors (Lipinski definition) is 0. The number of thiazole rings is 1. The summed E-state index contributed by atoms with van der Waals surface area (Å²) in [6.07, 6.45) is 1.83. The maximum absolute atomic E-state index is 12.9. The molecule has 0 aliphatic heterocycles. The van der Waals surface area contributed by atoms with E-state index in [0.29, 0.717) is 15.3 Å². The summed E-state index contributed by atoms with van der Waals surface area (Å²) in [6.45, 7) is 0. The van der Waals surface area contributed by atoms with E-state index in [9.17, 15) is 4.79 Å². The van der Waals surface area contributed by atoms with Crippen LogP contribution in [0.2, 0.25) is 0 Å². The van der Waals surface area contributed by atoms with Gasteiger partial charge in [0, 0.05) is 15.6 Å². The van der Waals surface area contributed by atoms with Crippen molar-refractivity contribution in [2.24, 2.45) is 0 Å². The summed E-state index contributed by atoms with van der Waals surface area (Å²) in [4.78, 5) is 13.4. The molecule has 0 saturated heterocycles. The Labute approximate surface area is 155 Å². The van der Waals surface area contributed by atoms with Gasteiger partial charge in [-0.25, -0.2) is 4.40 Å². The molecule has 0 bridgehead atoms. The summed E-state index contributed by atoms with van der Waals surface area (Å²) in [7, 11) is 1.61. The molecular weight excluding hydrogens is 402 g/mol. The van der Waals surface area contributed by atoms with E-state index >= 15 is 0 Å². The highest BCUT2D eigenvalue weighted by atomic mass is 79.9. The number of rotatable bonds is 3. The Morgan fingerprint density at radius 1 is 1.12 bits per heavy atom. The van der Waals surface area contributed by atoms with Crippen LogP contribution in [0.25, 0.3) is 22.4 Å². The molecule has 0 spiro atoms. The van der Waals surface area contributed by atoms with Crippen molar-refractivity contribution in [1.82, 2.24) is 14.6 Å². The SMILES string of the molecule is COc1ccccc1C=c1sc2nnc(-c3ccc(Br)cc3)n2c1=O. The van der Waals surface area contributed by atoms with Crippen molar-refractivity contribution in [3.63, 3.8) is 0 Å². The van der Waals surface area contributed by atoms with Crippen LogP contribution in [0.5, 0.6) is 5.75 Å². The highest BCUT2D eigenvalue weighted by Gasteiger charge is 2.14. The van der Waals surface area contributed by atoms with Crippen LogP contribution in [-0.2, 0) is 0 Å². The lowest BCUT2D eigenvalue weighted by molar-refractivity contribution is 0.414. The normalized spacial score (nSPS) is 12.0. The Balaban J connectivity index is 1.91. The molecule has 0 aliphatic rings. The minimum absolute atomic E-state index is 0.131. The van der Waals surface area contributed by atoms with Crippen LogP contribution in [0, 0.1) is 0 Å². The Morgan fingerprint density at radius 2 is 1.88 bits per heavy atom. The molecule has 4 rings (SSSR count). The lowest BCUT2D eigenvalue weighted by Gasteiger charge is -2.02. The molecule has 0 N–H and O–H groups in total. The molecule has 2 aromatic heterocycles. The summed E-state index contributed by atoms with van der Waals surface area (Å²) >= 11 is 4.72. The van der Waals surface area contributed by atoms with Gasteiger partial charge >= 0.3 is 0 Å². The molecule has 7 heteroatoms. The Morgan fingerprint density at radius 3 is 2.64 bits per heavy atom. The fraction of sp³-hybridized carbons (Fsp3) is 0.0556. The Kier molecular flexibility index (Phi) is 4.10. The predicted octanol–water partition coefficient (Wildman–Crippen LogP) is 3.14. The number of halogens is 1. The van der Waals surface area contributed by atoms with E-state index in [2.05, 4.69) is 26.1 Å². The van der Waals surface area contributed by atoms with Gasteiger partial charge in [-0.05, 0) is 24.3 Å². The van der Waals surface area contributed by atoms with E-state index in [1.165, 1.54) is 11.3 Å². The monoisotopic (exact) mass is 413 g/mol. The second-order valence-corrected chi connectivity index (χ2v) is 7.23. The first-order chi connectivity index (χ1) is 12.2. The highest BCUT2D eigenvalue weighted by molar-refractivity contribution is 9.10. The number of para-hydroxylation sites is 1. The van der Waals surface area contributed by atoms with E-state index in [0.717, 1.165) is 21.3 Å². The fourth-order valence-electron chi connectivity index (χ4n) is 2.58. The fourth-order valence-corrected chi connectivity index (χ4v) is 3.74. The number of hydrogen-bond acceptors (Lipinski definition) is 5. The van der Waals surface area contributed by atoms with Gasteiger partial charge in [0.25, 0.3) is 5.56 Å². The van der Waals surface area contributed by atoms with Gasteiger partial charge in [-0.1, -0.05) is 57.6 Å². The standard InChI is InChI=1S/C18H12BrN3O2S/c1-24-14-5-3-2-4-12(14)10-15-17(23)22-16(20-21-18(22)25-15)11-6-8-13(19)9-7-11/h2-10H,1H3. The second kappa shape index (κ2) is 6.42. The molecule has 124 valence electrons. The van der Waals surface area contributed by atoms with Crippen LogP contribution in [0.15, 0.2) is 57.8 Å². The zero-order valence-electron chi connectivity index (χ0n) is 13.1. The molecule has 5 nitrogen and oxygen atoms in total. The maximum atomic E-state index is 12.9.